The number of rotatable bonds is 7. The Labute approximate surface area is 199 Å². The molecule has 0 spiro atoms. The van der Waals surface area contributed by atoms with Crippen LogP contribution in [-0.2, 0) is 20.5 Å². The molecule has 8 heteroatoms. The third-order valence-electron chi connectivity index (χ3n) is 6.43. The predicted molar refractivity (Wildman–Crippen MR) is 129 cm³/mol. The molecule has 178 valence electrons. The van der Waals surface area contributed by atoms with Crippen molar-refractivity contribution in [1.29, 1.82) is 0 Å². The molecule has 4 rings (SSSR count). The van der Waals surface area contributed by atoms with Gasteiger partial charge in [0.1, 0.15) is 6.10 Å². The highest BCUT2D eigenvalue weighted by molar-refractivity contribution is 5.97. The van der Waals surface area contributed by atoms with Gasteiger partial charge in [-0.1, -0.05) is 36.4 Å². The first kappa shape index (κ1) is 23.5. The van der Waals surface area contributed by atoms with Crippen LogP contribution in [0.2, 0.25) is 0 Å². The molecule has 1 aliphatic rings. The number of ether oxygens (including phenoxy) is 1. The average Bonchev–Trinajstić information content (AvgIpc) is 3.24. The van der Waals surface area contributed by atoms with Gasteiger partial charge in [-0.15, -0.1) is 0 Å². The number of benzene rings is 1. The maximum absolute atomic E-state index is 12.8. The number of amides is 2. The molecule has 8 nitrogen and oxygen atoms in total. The fraction of sp³-hybridized carbons (Fsp3) is 0.385. The van der Waals surface area contributed by atoms with E-state index in [1.54, 1.807) is 6.20 Å². The predicted octanol–water partition coefficient (Wildman–Crippen LogP) is 4.63. The second-order valence-electron chi connectivity index (χ2n) is 9.81. The van der Waals surface area contributed by atoms with Crippen molar-refractivity contribution in [3.8, 4) is 0 Å². The van der Waals surface area contributed by atoms with Crippen molar-refractivity contribution >= 4 is 17.8 Å². The number of nitrogens with zero attached hydrogens (tertiary/aromatic N) is 2. The maximum atomic E-state index is 12.8. The second kappa shape index (κ2) is 9.29. The molecule has 34 heavy (non-hydrogen) atoms. The zero-order valence-electron chi connectivity index (χ0n) is 20.0. The third-order valence-corrected chi connectivity index (χ3v) is 6.43. The minimum atomic E-state index is -0.795. The van der Waals surface area contributed by atoms with E-state index in [1.165, 1.54) is 0 Å². The molecule has 1 aromatic carbocycles. The van der Waals surface area contributed by atoms with E-state index in [-0.39, 0.29) is 17.9 Å². The number of aromatic nitrogens is 3. The maximum Gasteiger partial charge on any atom is 0.408 e. The largest absolute Gasteiger partial charge is 0.446 e. The molecule has 0 atom stereocenters. The number of nitrogens with one attached hydrogen (secondary N) is 3. The van der Waals surface area contributed by atoms with E-state index in [0.717, 1.165) is 11.3 Å². The van der Waals surface area contributed by atoms with Crippen LogP contribution in [0.15, 0.2) is 60.8 Å². The first-order valence-electron chi connectivity index (χ1n) is 11.5. The molecule has 1 saturated carbocycles. The standard InChI is InChI=1S/C26H31N5O3/c1-25(2,21-12-8-9-13-27-21)23(32)28-22-16-20(30-31-22)17-14-19(15-17)34-24(33)29-26(3,4)18-10-6-5-7-11-18/h5-13,16-17,19H,14-15H2,1-4H3,(H,29,33)(H2,28,30,31,32)/t17-,19+. The normalized spacial score (nSPS) is 18.0. The first-order chi connectivity index (χ1) is 16.1. The average molecular weight is 462 g/mol. The van der Waals surface area contributed by atoms with E-state index in [1.807, 2.05) is 82.3 Å². The van der Waals surface area contributed by atoms with Crippen LogP contribution in [-0.4, -0.2) is 33.3 Å². The summed E-state index contributed by atoms with van der Waals surface area (Å²) in [5.41, 5.74) is 1.29. The van der Waals surface area contributed by atoms with Gasteiger partial charge in [-0.2, -0.15) is 5.10 Å². The molecule has 1 fully saturated rings. The van der Waals surface area contributed by atoms with Gasteiger partial charge in [-0.05, 0) is 58.2 Å². The summed E-state index contributed by atoms with van der Waals surface area (Å²) in [5.74, 6) is 0.481. The van der Waals surface area contributed by atoms with Crippen LogP contribution >= 0.6 is 0 Å². The Balaban J connectivity index is 1.27. The molecule has 0 unspecified atom stereocenters. The van der Waals surface area contributed by atoms with Crippen molar-refractivity contribution in [2.24, 2.45) is 0 Å². The highest BCUT2D eigenvalue weighted by atomic mass is 16.6. The number of aromatic amines is 1. The van der Waals surface area contributed by atoms with Gasteiger partial charge in [0, 0.05) is 23.9 Å². The lowest BCUT2D eigenvalue weighted by Gasteiger charge is -2.35. The van der Waals surface area contributed by atoms with Crippen LogP contribution in [0.3, 0.4) is 0 Å². The van der Waals surface area contributed by atoms with Gasteiger partial charge in [-0.3, -0.25) is 14.9 Å². The molecule has 2 heterocycles. The number of alkyl carbamates (subject to hydrolysis) is 1. The monoisotopic (exact) mass is 461 g/mol. The van der Waals surface area contributed by atoms with Crippen LogP contribution in [0.4, 0.5) is 10.6 Å². The Morgan fingerprint density at radius 1 is 1.03 bits per heavy atom. The topological polar surface area (TPSA) is 109 Å². The van der Waals surface area contributed by atoms with Crippen molar-refractivity contribution in [1.82, 2.24) is 20.5 Å². The number of H-pyrrole nitrogens is 1. The van der Waals surface area contributed by atoms with Crippen molar-refractivity contribution in [2.75, 3.05) is 5.32 Å². The third kappa shape index (κ3) is 5.11. The lowest BCUT2D eigenvalue weighted by molar-refractivity contribution is -0.120. The molecule has 0 radical (unpaired) electrons. The molecule has 3 N–H and O–H groups in total. The number of pyridine rings is 1. The molecule has 2 amide bonds. The van der Waals surface area contributed by atoms with Crippen LogP contribution in [0.1, 0.15) is 63.4 Å². The fourth-order valence-electron chi connectivity index (χ4n) is 4.01. The van der Waals surface area contributed by atoms with Crippen LogP contribution in [0.25, 0.3) is 0 Å². The van der Waals surface area contributed by atoms with Crippen LogP contribution in [0.5, 0.6) is 0 Å². The number of carbonyl (C=O) groups is 2. The van der Waals surface area contributed by atoms with Crippen LogP contribution < -0.4 is 10.6 Å². The molecule has 0 saturated heterocycles. The Morgan fingerprint density at radius 3 is 2.41 bits per heavy atom. The number of carbonyl (C=O) groups excluding carboxylic acids is 2. The fourth-order valence-corrected chi connectivity index (χ4v) is 4.01. The summed E-state index contributed by atoms with van der Waals surface area (Å²) >= 11 is 0. The Morgan fingerprint density at radius 2 is 1.74 bits per heavy atom. The Hall–Kier alpha value is -3.68. The molecule has 0 aliphatic heterocycles. The van der Waals surface area contributed by atoms with E-state index >= 15 is 0 Å². The Kier molecular flexibility index (Phi) is 6.41. The minimum Gasteiger partial charge on any atom is -0.446 e. The van der Waals surface area contributed by atoms with Gasteiger partial charge in [0.25, 0.3) is 0 Å². The number of hydrogen-bond acceptors (Lipinski definition) is 5. The summed E-state index contributed by atoms with van der Waals surface area (Å²) in [7, 11) is 0. The zero-order valence-corrected chi connectivity index (χ0v) is 20.0. The molecule has 0 bridgehead atoms. The van der Waals surface area contributed by atoms with Crippen LogP contribution in [0, 0.1) is 0 Å². The van der Waals surface area contributed by atoms with E-state index < -0.39 is 17.0 Å². The smallest absolute Gasteiger partial charge is 0.408 e. The van der Waals surface area contributed by atoms with E-state index in [4.69, 9.17) is 4.74 Å². The Bertz CT molecular complexity index is 1140. The second-order valence-corrected chi connectivity index (χ2v) is 9.81. The summed E-state index contributed by atoms with van der Waals surface area (Å²) in [5, 5.41) is 13.1. The highest BCUT2D eigenvalue weighted by Gasteiger charge is 2.36. The van der Waals surface area contributed by atoms with Crippen molar-refractivity contribution in [3.05, 3.63) is 77.7 Å². The van der Waals surface area contributed by atoms with Gasteiger partial charge < -0.3 is 15.4 Å². The summed E-state index contributed by atoms with van der Waals surface area (Å²) in [6.07, 6.45) is 2.50. The lowest BCUT2D eigenvalue weighted by Crippen LogP contribution is -2.44. The summed E-state index contributed by atoms with van der Waals surface area (Å²) in [6, 6.07) is 17.1. The molecule has 1 aliphatic carbocycles. The van der Waals surface area contributed by atoms with E-state index in [0.29, 0.717) is 24.4 Å². The molecule has 3 aromatic rings. The lowest BCUT2D eigenvalue weighted by atomic mass is 9.80. The van der Waals surface area contributed by atoms with Crippen molar-refractivity contribution in [2.45, 2.75) is 63.5 Å². The first-order valence-corrected chi connectivity index (χ1v) is 11.5. The van der Waals surface area contributed by atoms with Gasteiger partial charge in [0.15, 0.2) is 5.82 Å². The van der Waals surface area contributed by atoms with Gasteiger partial charge >= 0.3 is 6.09 Å². The quantitative estimate of drug-likeness (QED) is 0.475. The van der Waals surface area contributed by atoms with Crippen molar-refractivity contribution in [3.63, 3.8) is 0 Å². The van der Waals surface area contributed by atoms with E-state index in [9.17, 15) is 9.59 Å². The highest BCUT2D eigenvalue weighted by Crippen LogP contribution is 2.38. The van der Waals surface area contributed by atoms with Gasteiger partial charge in [0.05, 0.1) is 16.6 Å². The summed E-state index contributed by atoms with van der Waals surface area (Å²) < 4.78 is 5.60. The SMILES string of the molecule is CC(C)(NC(=O)O[C@H]1C[C@@H](c2cc(NC(=O)C(C)(C)c3ccccn3)n[nH]2)C1)c1ccccc1. The summed E-state index contributed by atoms with van der Waals surface area (Å²) in [4.78, 5) is 29.5. The summed E-state index contributed by atoms with van der Waals surface area (Å²) in [6.45, 7) is 7.55. The van der Waals surface area contributed by atoms with Gasteiger partial charge in [0.2, 0.25) is 5.91 Å². The molecular formula is C26H31N5O3. The van der Waals surface area contributed by atoms with Crippen molar-refractivity contribution < 1.29 is 14.3 Å². The molecular weight excluding hydrogens is 430 g/mol. The molecule has 2 aromatic heterocycles. The number of anilines is 1. The van der Waals surface area contributed by atoms with E-state index in [2.05, 4.69) is 25.8 Å². The number of hydrogen-bond donors (Lipinski definition) is 3. The zero-order chi connectivity index (χ0) is 24.3. The minimum absolute atomic E-state index is 0.152. The van der Waals surface area contributed by atoms with Gasteiger partial charge in [-0.25, -0.2) is 4.79 Å².